The van der Waals surface area contributed by atoms with Gasteiger partial charge in [0.2, 0.25) is 0 Å². The number of carbonyl (C=O) groups is 2. The fraction of sp³-hybridized carbons (Fsp3) is 0.241. The summed E-state index contributed by atoms with van der Waals surface area (Å²) in [6.45, 7) is 5.97. The number of halogens is 3. The van der Waals surface area contributed by atoms with Crippen LogP contribution in [0, 0.1) is 5.92 Å². The van der Waals surface area contributed by atoms with Crippen LogP contribution in [0.15, 0.2) is 67.3 Å². The van der Waals surface area contributed by atoms with Gasteiger partial charge in [0.05, 0.1) is 34.4 Å². The third-order valence-electron chi connectivity index (χ3n) is 7.15. The van der Waals surface area contributed by atoms with Gasteiger partial charge in [0.1, 0.15) is 0 Å². The van der Waals surface area contributed by atoms with Gasteiger partial charge in [-0.15, -0.1) is 6.58 Å². The largest absolute Gasteiger partial charge is 0.469 e. The van der Waals surface area contributed by atoms with Crippen molar-refractivity contribution < 1.29 is 14.3 Å². The van der Waals surface area contributed by atoms with Crippen molar-refractivity contribution in [2.24, 2.45) is 5.92 Å². The number of carbonyl (C=O) groups excluding carboxylic acids is 2. The number of nitrogens with one attached hydrogen (secondary N) is 1. The molecule has 1 fully saturated rings. The summed E-state index contributed by atoms with van der Waals surface area (Å²) in [6, 6.07) is 16.4. The zero-order valence-electron chi connectivity index (χ0n) is 20.7. The highest BCUT2D eigenvalue weighted by Gasteiger charge is 2.40. The molecule has 2 atom stereocenters. The van der Waals surface area contributed by atoms with E-state index in [0.717, 1.165) is 22.3 Å². The lowest BCUT2D eigenvalue weighted by molar-refractivity contribution is -0.145. The number of fused-ring (bicyclic) bond motifs is 1. The van der Waals surface area contributed by atoms with E-state index in [2.05, 4.69) is 22.9 Å². The van der Waals surface area contributed by atoms with Crippen molar-refractivity contribution in [3.8, 4) is 11.1 Å². The van der Waals surface area contributed by atoms with Gasteiger partial charge in [-0.3, -0.25) is 14.6 Å². The van der Waals surface area contributed by atoms with Crippen LogP contribution >= 0.6 is 34.8 Å². The monoisotopic (exact) mass is 569 g/mol. The van der Waals surface area contributed by atoms with E-state index in [1.165, 1.54) is 12.0 Å². The number of benzene rings is 3. The van der Waals surface area contributed by atoms with Crippen LogP contribution in [0.4, 0.5) is 16.2 Å². The third kappa shape index (κ3) is 4.78. The molecule has 196 valence electrons. The van der Waals surface area contributed by atoms with Crippen molar-refractivity contribution in [1.82, 2.24) is 10.2 Å². The Labute approximate surface area is 236 Å². The molecule has 38 heavy (non-hydrogen) atoms. The molecule has 0 saturated carbocycles. The van der Waals surface area contributed by atoms with Crippen LogP contribution in [0.25, 0.3) is 11.1 Å². The van der Waals surface area contributed by atoms with Crippen LogP contribution in [-0.2, 0) is 16.1 Å². The van der Waals surface area contributed by atoms with E-state index in [4.69, 9.17) is 39.5 Å². The molecular weight excluding hydrogens is 545 g/mol. The summed E-state index contributed by atoms with van der Waals surface area (Å²) in [6.07, 6.45) is 1.82. The maximum atomic E-state index is 13.3. The number of rotatable bonds is 6. The second-order valence-electron chi connectivity index (χ2n) is 9.35. The minimum absolute atomic E-state index is 0.178. The number of para-hydroxylation sites is 1. The van der Waals surface area contributed by atoms with Crippen molar-refractivity contribution >= 4 is 58.2 Å². The van der Waals surface area contributed by atoms with Crippen molar-refractivity contribution in [3.63, 3.8) is 0 Å². The lowest BCUT2D eigenvalue weighted by atomic mass is 9.84. The summed E-state index contributed by atoms with van der Waals surface area (Å²) in [5.74, 6) is -0.836. The van der Waals surface area contributed by atoms with Crippen LogP contribution in [0.1, 0.15) is 17.0 Å². The SMILES string of the molecule is C=CCN1CC(C(=O)OC)C(c2cc(-c3ccccc3Cl)c3c(c2)N(c2c(Cl)cccc2Cl)C(=O)NC3)C1. The number of methoxy groups -OCH3 is 1. The molecule has 2 aliphatic heterocycles. The Hall–Kier alpha value is -3.03. The van der Waals surface area contributed by atoms with Crippen LogP contribution in [0.5, 0.6) is 0 Å². The minimum Gasteiger partial charge on any atom is -0.469 e. The molecule has 0 spiro atoms. The van der Waals surface area contributed by atoms with E-state index < -0.39 is 0 Å². The number of ether oxygens (including phenoxy) is 1. The first-order chi connectivity index (χ1) is 18.3. The maximum Gasteiger partial charge on any atom is 0.326 e. The van der Waals surface area contributed by atoms with Crippen molar-refractivity contribution in [3.05, 3.63) is 93.4 Å². The molecule has 9 heteroatoms. The Morgan fingerprint density at radius 3 is 2.45 bits per heavy atom. The number of esters is 1. The number of anilines is 2. The molecule has 0 aromatic heterocycles. The Morgan fingerprint density at radius 1 is 1.05 bits per heavy atom. The van der Waals surface area contributed by atoms with Gasteiger partial charge in [-0.25, -0.2) is 4.79 Å². The lowest BCUT2D eigenvalue weighted by Crippen LogP contribution is -2.42. The second kappa shape index (κ2) is 11.0. The number of likely N-dealkylation sites (tertiary alicyclic amines) is 1. The highest BCUT2D eigenvalue weighted by atomic mass is 35.5. The molecule has 2 unspecified atom stereocenters. The average molecular weight is 571 g/mol. The second-order valence-corrected chi connectivity index (χ2v) is 10.6. The van der Waals surface area contributed by atoms with Gasteiger partial charge in [0, 0.05) is 48.2 Å². The number of hydrogen-bond acceptors (Lipinski definition) is 4. The lowest BCUT2D eigenvalue weighted by Gasteiger charge is -2.34. The van der Waals surface area contributed by atoms with E-state index in [-0.39, 0.29) is 23.8 Å². The fourth-order valence-electron chi connectivity index (χ4n) is 5.42. The van der Waals surface area contributed by atoms with Gasteiger partial charge < -0.3 is 10.1 Å². The molecule has 0 radical (unpaired) electrons. The van der Waals surface area contributed by atoms with E-state index in [1.54, 1.807) is 18.2 Å². The minimum atomic E-state index is -0.383. The highest BCUT2D eigenvalue weighted by molar-refractivity contribution is 6.40. The van der Waals surface area contributed by atoms with Gasteiger partial charge >= 0.3 is 12.0 Å². The number of urea groups is 1. The molecule has 3 aromatic carbocycles. The molecule has 2 aliphatic rings. The van der Waals surface area contributed by atoms with Gasteiger partial charge in [0.25, 0.3) is 0 Å². The Morgan fingerprint density at radius 2 is 1.76 bits per heavy atom. The Bertz CT molecular complexity index is 1410. The number of amides is 2. The van der Waals surface area contributed by atoms with Crippen molar-refractivity contribution in [1.29, 1.82) is 0 Å². The molecule has 2 amide bonds. The average Bonchev–Trinajstić information content (AvgIpc) is 3.33. The van der Waals surface area contributed by atoms with Crippen LogP contribution in [0.3, 0.4) is 0 Å². The summed E-state index contributed by atoms with van der Waals surface area (Å²) in [5.41, 5.74) is 4.48. The first-order valence-electron chi connectivity index (χ1n) is 12.2. The maximum absolute atomic E-state index is 13.3. The quantitative estimate of drug-likeness (QED) is 0.255. The highest BCUT2D eigenvalue weighted by Crippen LogP contribution is 2.47. The summed E-state index contributed by atoms with van der Waals surface area (Å²) in [5, 5.41) is 4.22. The third-order valence-corrected chi connectivity index (χ3v) is 8.09. The summed E-state index contributed by atoms with van der Waals surface area (Å²) in [4.78, 5) is 29.9. The Kier molecular flexibility index (Phi) is 7.68. The summed E-state index contributed by atoms with van der Waals surface area (Å²) >= 11 is 19.8. The van der Waals surface area contributed by atoms with E-state index in [0.29, 0.717) is 52.6 Å². The molecule has 2 heterocycles. The molecular formula is C29H26Cl3N3O3. The van der Waals surface area contributed by atoms with Gasteiger partial charge in [0.15, 0.2) is 0 Å². The molecule has 3 aromatic rings. The van der Waals surface area contributed by atoms with Gasteiger partial charge in [-0.2, -0.15) is 0 Å². The zero-order chi connectivity index (χ0) is 27.0. The fourth-order valence-corrected chi connectivity index (χ4v) is 6.22. The molecule has 0 aliphatic carbocycles. The number of hydrogen-bond donors (Lipinski definition) is 1. The standard InChI is InChI=1S/C29H26Cl3N3O3/c1-3-11-34-15-21(22(16-34)28(36)38-2)17-12-19(18-7-4-5-8-23(18)30)20-14-33-29(37)35(26(20)13-17)27-24(31)9-6-10-25(27)32/h3-10,12-13,21-22H,1,11,14-16H2,2H3,(H,33,37). The molecule has 0 bridgehead atoms. The van der Waals surface area contributed by atoms with Gasteiger partial charge in [-0.1, -0.05) is 71.2 Å². The molecule has 5 rings (SSSR count). The molecule has 1 saturated heterocycles. The van der Waals surface area contributed by atoms with Crippen molar-refractivity contribution in [2.75, 3.05) is 31.6 Å². The van der Waals surface area contributed by atoms with Gasteiger partial charge in [-0.05, 0) is 35.4 Å². The van der Waals surface area contributed by atoms with E-state index >= 15 is 0 Å². The van der Waals surface area contributed by atoms with Crippen LogP contribution in [-0.4, -0.2) is 43.6 Å². The molecule has 6 nitrogen and oxygen atoms in total. The predicted molar refractivity (Wildman–Crippen MR) is 153 cm³/mol. The van der Waals surface area contributed by atoms with Crippen LogP contribution < -0.4 is 10.2 Å². The normalized spacial score (nSPS) is 19.2. The predicted octanol–water partition coefficient (Wildman–Crippen LogP) is 7.05. The van der Waals surface area contributed by atoms with Crippen molar-refractivity contribution in [2.45, 2.75) is 12.5 Å². The van der Waals surface area contributed by atoms with Crippen LogP contribution in [0.2, 0.25) is 15.1 Å². The van der Waals surface area contributed by atoms with E-state index in [9.17, 15) is 9.59 Å². The zero-order valence-corrected chi connectivity index (χ0v) is 23.0. The summed E-state index contributed by atoms with van der Waals surface area (Å²) < 4.78 is 5.18. The molecule has 1 N–H and O–H groups in total. The Balaban J connectivity index is 1.76. The first-order valence-corrected chi connectivity index (χ1v) is 13.3. The summed E-state index contributed by atoms with van der Waals surface area (Å²) in [7, 11) is 1.41. The first kappa shape index (κ1) is 26.6. The smallest absolute Gasteiger partial charge is 0.326 e. The topological polar surface area (TPSA) is 61.9 Å². The number of nitrogens with zero attached hydrogens (tertiary/aromatic N) is 2. The van der Waals surface area contributed by atoms with E-state index in [1.807, 2.05) is 36.4 Å².